The second kappa shape index (κ2) is 9.25. The third kappa shape index (κ3) is 4.44. The van der Waals surface area contributed by atoms with E-state index in [4.69, 9.17) is 4.98 Å². The first-order valence-corrected chi connectivity index (χ1v) is 11.9. The number of benzene rings is 2. The molecule has 3 aromatic rings. The lowest BCUT2D eigenvalue weighted by Gasteiger charge is -2.34. The molecule has 0 unspecified atom stereocenters. The van der Waals surface area contributed by atoms with Crippen LogP contribution in [0.25, 0.3) is 11.3 Å². The zero-order valence-electron chi connectivity index (χ0n) is 18.1. The van der Waals surface area contributed by atoms with Gasteiger partial charge in [-0.1, -0.05) is 42.5 Å². The molecule has 2 aliphatic heterocycles. The van der Waals surface area contributed by atoms with Crippen LogP contribution in [-0.2, 0) is 11.3 Å². The van der Waals surface area contributed by atoms with Gasteiger partial charge in [-0.05, 0) is 12.1 Å². The van der Waals surface area contributed by atoms with Crippen LogP contribution < -0.4 is 0 Å². The quantitative estimate of drug-likeness (QED) is 0.529. The number of amides is 3. The van der Waals surface area contributed by atoms with E-state index in [1.807, 2.05) is 23.1 Å². The lowest BCUT2D eigenvalue weighted by molar-refractivity contribution is -0.133. The van der Waals surface area contributed by atoms with Crippen LogP contribution in [0.4, 0.5) is 0 Å². The van der Waals surface area contributed by atoms with Gasteiger partial charge in [0.05, 0.1) is 23.4 Å². The van der Waals surface area contributed by atoms with Gasteiger partial charge < -0.3 is 4.90 Å². The molecular formula is C25H24N4O3S. The first kappa shape index (κ1) is 21.5. The molecule has 0 spiro atoms. The highest BCUT2D eigenvalue weighted by Gasteiger charge is 2.35. The van der Waals surface area contributed by atoms with Crippen LogP contribution in [0.1, 0.15) is 32.1 Å². The molecule has 168 valence electrons. The maximum absolute atomic E-state index is 12.7. The van der Waals surface area contributed by atoms with Crippen LogP contribution in [0.2, 0.25) is 0 Å². The minimum Gasteiger partial charge on any atom is -0.340 e. The molecule has 0 aliphatic carbocycles. The first-order chi connectivity index (χ1) is 16.1. The fourth-order valence-electron chi connectivity index (χ4n) is 4.28. The Labute approximate surface area is 196 Å². The van der Waals surface area contributed by atoms with Crippen molar-refractivity contribution in [1.29, 1.82) is 0 Å². The molecule has 5 rings (SSSR count). The summed E-state index contributed by atoms with van der Waals surface area (Å²) in [5.74, 6) is -0.648. The summed E-state index contributed by atoms with van der Waals surface area (Å²) in [5.41, 5.74) is 2.95. The summed E-state index contributed by atoms with van der Waals surface area (Å²) in [6, 6.07) is 16.9. The fraction of sp³-hybridized carbons (Fsp3) is 0.280. The number of imide groups is 1. The molecule has 0 radical (unpaired) electrons. The third-order valence-electron chi connectivity index (χ3n) is 6.13. The number of rotatable bonds is 6. The summed E-state index contributed by atoms with van der Waals surface area (Å²) >= 11 is 1.66. The van der Waals surface area contributed by atoms with Gasteiger partial charge >= 0.3 is 0 Å². The number of piperazine rings is 1. The fourth-order valence-corrected chi connectivity index (χ4v) is 5.12. The maximum Gasteiger partial charge on any atom is 0.261 e. The van der Waals surface area contributed by atoms with Crippen molar-refractivity contribution in [3.8, 4) is 11.3 Å². The molecule has 1 saturated heterocycles. The van der Waals surface area contributed by atoms with E-state index in [1.54, 1.807) is 35.6 Å². The lowest BCUT2D eigenvalue weighted by atomic mass is 10.1. The predicted octanol–water partition coefficient (Wildman–Crippen LogP) is 3.14. The van der Waals surface area contributed by atoms with Crippen LogP contribution in [0.3, 0.4) is 0 Å². The van der Waals surface area contributed by atoms with E-state index >= 15 is 0 Å². The van der Waals surface area contributed by atoms with Gasteiger partial charge in [0.1, 0.15) is 5.01 Å². The Kier molecular flexibility index (Phi) is 6.02. The average molecular weight is 461 g/mol. The van der Waals surface area contributed by atoms with Gasteiger partial charge in [-0.2, -0.15) is 0 Å². The molecule has 3 amide bonds. The zero-order chi connectivity index (χ0) is 22.8. The van der Waals surface area contributed by atoms with Gasteiger partial charge in [-0.3, -0.25) is 24.2 Å². The Hall–Kier alpha value is -3.36. The molecule has 0 atom stereocenters. The molecule has 0 saturated carbocycles. The Bertz CT molecular complexity index is 1150. The molecule has 2 aromatic carbocycles. The third-order valence-corrected chi connectivity index (χ3v) is 6.97. The Morgan fingerprint density at radius 1 is 0.879 bits per heavy atom. The number of carbonyl (C=O) groups excluding carboxylic acids is 3. The van der Waals surface area contributed by atoms with E-state index in [9.17, 15) is 14.4 Å². The van der Waals surface area contributed by atoms with E-state index in [-0.39, 0.29) is 30.7 Å². The van der Waals surface area contributed by atoms with Crippen molar-refractivity contribution in [3.05, 3.63) is 76.1 Å². The van der Waals surface area contributed by atoms with Crippen molar-refractivity contribution in [2.24, 2.45) is 0 Å². The van der Waals surface area contributed by atoms with Crippen molar-refractivity contribution >= 4 is 29.1 Å². The monoisotopic (exact) mass is 460 g/mol. The smallest absolute Gasteiger partial charge is 0.261 e. The Balaban J connectivity index is 1.10. The van der Waals surface area contributed by atoms with Crippen molar-refractivity contribution in [3.63, 3.8) is 0 Å². The van der Waals surface area contributed by atoms with E-state index in [0.717, 1.165) is 35.9 Å². The Morgan fingerprint density at radius 3 is 2.18 bits per heavy atom. The minimum atomic E-state index is -0.313. The van der Waals surface area contributed by atoms with Gasteiger partial charge in [0.15, 0.2) is 0 Å². The molecule has 0 bridgehead atoms. The number of thiazole rings is 1. The number of nitrogens with zero attached hydrogens (tertiary/aromatic N) is 4. The molecule has 7 nitrogen and oxygen atoms in total. The van der Waals surface area contributed by atoms with E-state index in [2.05, 4.69) is 22.4 Å². The first-order valence-electron chi connectivity index (χ1n) is 11.1. The molecule has 1 fully saturated rings. The van der Waals surface area contributed by atoms with Crippen LogP contribution >= 0.6 is 11.3 Å². The summed E-state index contributed by atoms with van der Waals surface area (Å²) in [6.45, 7) is 3.72. The maximum atomic E-state index is 12.7. The van der Waals surface area contributed by atoms with Gasteiger partial charge in [-0.15, -0.1) is 11.3 Å². The van der Waals surface area contributed by atoms with Crippen molar-refractivity contribution in [2.75, 3.05) is 32.7 Å². The van der Waals surface area contributed by atoms with Crippen LogP contribution in [-0.4, -0.2) is 70.1 Å². The molecule has 0 N–H and O–H groups in total. The summed E-state index contributed by atoms with van der Waals surface area (Å²) in [5, 5.41) is 3.16. The summed E-state index contributed by atoms with van der Waals surface area (Å²) in [7, 11) is 0. The number of hydrogen-bond donors (Lipinski definition) is 0. The van der Waals surface area contributed by atoms with Crippen LogP contribution in [0.5, 0.6) is 0 Å². The molecule has 1 aromatic heterocycles. The highest BCUT2D eigenvalue weighted by atomic mass is 32.1. The van der Waals surface area contributed by atoms with Gasteiger partial charge in [0, 0.05) is 50.1 Å². The SMILES string of the molecule is O=C(CCN1C(=O)c2ccccc2C1=O)N1CCN(Cc2nc(-c3ccccc3)cs2)CC1. The predicted molar refractivity (Wildman–Crippen MR) is 126 cm³/mol. The van der Waals surface area contributed by atoms with Gasteiger partial charge in [0.25, 0.3) is 11.8 Å². The normalized spacial score (nSPS) is 16.4. The largest absolute Gasteiger partial charge is 0.340 e. The second-order valence-electron chi connectivity index (χ2n) is 8.21. The zero-order valence-corrected chi connectivity index (χ0v) is 19.0. The summed E-state index contributed by atoms with van der Waals surface area (Å²) in [6.07, 6.45) is 0.151. The minimum absolute atomic E-state index is 0.0215. The van der Waals surface area contributed by atoms with Crippen LogP contribution in [0.15, 0.2) is 60.0 Å². The van der Waals surface area contributed by atoms with Crippen molar-refractivity contribution < 1.29 is 14.4 Å². The highest BCUT2D eigenvalue weighted by Crippen LogP contribution is 2.24. The number of hydrogen-bond acceptors (Lipinski definition) is 6. The van der Waals surface area contributed by atoms with Crippen molar-refractivity contribution in [1.82, 2.24) is 19.7 Å². The molecular weight excluding hydrogens is 436 g/mol. The Morgan fingerprint density at radius 2 is 1.52 bits per heavy atom. The average Bonchev–Trinajstić information content (AvgIpc) is 3.42. The van der Waals surface area contributed by atoms with Gasteiger partial charge in [-0.25, -0.2) is 4.98 Å². The topological polar surface area (TPSA) is 73.8 Å². The van der Waals surface area contributed by atoms with E-state index < -0.39 is 0 Å². The summed E-state index contributed by atoms with van der Waals surface area (Å²) < 4.78 is 0. The molecule has 3 heterocycles. The molecule has 8 heteroatoms. The molecule has 33 heavy (non-hydrogen) atoms. The van der Waals surface area contributed by atoms with Crippen LogP contribution in [0, 0.1) is 0 Å². The number of fused-ring (bicyclic) bond motifs is 1. The van der Waals surface area contributed by atoms with Gasteiger partial charge in [0.2, 0.25) is 5.91 Å². The molecule has 2 aliphatic rings. The second-order valence-corrected chi connectivity index (χ2v) is 9.15. The van der Waals surface area contributed by atoms with E-state index in [0.29, 0.717) is 24.2 Å². The summed E-state index contributed by atoms with van der Waals surface area (Å²) in [4.78, 5) is 47.7. The van der Waals surface area contributed by atoms with E-state index in [1.165, 1.54) is 4.90 Å². The van der Waals surface area contributed by atoms with Crippen molar-refractivity contribution in [2.45, 2.75) is 13.0 Å². The highest BCUT2D eigenvalue weighted by molar-refractivity contribution is 7.09. The number of carbonyl (C=O) groups is 3. The standard InChI is InChI=1S/C25H24N4O3S/c30-23(10-11-29-24(31)19-8-4-5-9-20(19)25(29)32)28-14-12-27(13-15-28)16-22-26-21(17-33-22)18-6-2-1-3-7-18/h1-9,17H,10-16H2. The number of aromatic nitrogens is 1. The lowest BCUT2D eigenvalue weighted by Crippen LogP contribution is -2.49.